The third kappa shape index (κ3) is 5.08. The molecule has 2 aromatic rings. The molecule has 31 heavy (non-hydrogen) atoms. The number of hydrogen-bond acceptors (Lipinski definition) is 6. The van der Waals surface area contributed by atoms with Crippen LogP contribution in [-0.2, 0) is 0 Å². The van der Waals surface area contributed by atoms with Gasteiger partial charge in [0.1, 0.15) is 18.1 Å². The molecule has 1 aromatic carbocycles. The van der Waals surface area contributed by atoms with Crippen LogP contribution in [0.25, 0.3) is 0 Å². The number of hydrogen-bond donors (Lipinski definition) is 3. The Balaban J connectivity index is 1.47. The molecule has 0 bridgehead atoms. The molecule has 4 rings (SSSR count). The Morgan fingerprint density at radius 1 is 1.29 bits per heavy atom. The van der Waals surface area contributed by atoms with E-state index >= 15 is 0 Å². The lowest BCUT2D eigenvalue weighted by atomic mass is 9.84. The molecular weight excluding hydrogens is 396 g/mol. The molecule has 0 aliphatic heterocycles. The average Bonchev–Trinajstić information content (AvgIpc) is 3.54. The minimum absolute atomic E-state index is 0.0966. The molecule has 8 heteroatoms. The minimum atomic E-state index is -0.573. The van der Waals surface area contributed by atoms with Gasteiger partial charge in [0, 0.05) is 18.3 Å². The molecule has 162 valence electrons. The van der Waals surface area contributed by atoms with Crippen molar-refractivity contribution in [1.29, 1.82) is 0 Å². The van der Waals surface area contributed by atoms with E-state index in [-0.39, 0.29) is 30.7 Å². The minimum Gasteiger partial charge on any atom is -0.491 e. The van der Waals surface area contributed by atoms with E-state index in [1.165, 1.54) is 11.8 Å². The molecule has 1 aromatic heterocycles. The van der Waals surface area contributed by atoms with Crippen LogP contribution in [0.5, 0.6) is 5.75 Å². The van der Waals surface area contributed by atoms with Gasteiger partial charge in [-0.2, -0.15) is 0 Å². The molecule has 2 atom stereocenters. The molecule has 8 nitrogen and oxygen atoms in total. The van der Waals surface area contributed by atoms with E-state index in [0.717, 1.165) is 12.8 Å². The highest BCUT2D eigenvalue weighted by Crippen LogP contribution is 2.48. The monoisotopic (exact) mass is 422 g/mol. The number of carbonyl (C=O) groups is 2. The van der Waals surface area contributed by atoms with Crippen molar-refractivity contribution >= 4 is 11.8 Å². The van der Waals surface area contributed by atoms with Crippen molar-refractivity contribution in [2.45, 2.75) is 31.7 Å². The van der Waals surface area contributed by atoms with E-state index in [1.807, 2.05) is 0 Å². The molecule has 3 N–H and O–H groups in total. The Bertz CT molecular complexity index is 1020. The van der Waals surface area contributed by atoms with Crippen LogP contribution < -0.4 is 15.4 Å². The van der Waals surface area contributed by atoms with Crippen LogP contribution in [0, 0.1) is 12.8 Å². The topological polar surface area (TPSA) is 113 Å². The fourth-order valence-electron chi connectivity index (χ4n) is 3.97. The number of nitrogens with zero attached hydrogens (tertiary/aromatic N) is 2. The summed E-state index contributed by atoms with van der Waals surface area (Å²) in [6, 6.07) is 6.86. The van der Waals surface area contributed by atoms with Crippen LogP contribution >= 0.6 is 0 Å². The Labute approximate surface area is 180 Å². The molecule has 0 radical (unpaired) electrons. The summed E-state index contributed by atoms with van der Waals surface area (Å²) in [4.78, 5) is 33.9. The maximum atomic E-state index is 13.1. The Morgan fingerprint density at radius 2 is 2.16 bits per heavy atom. The first-order valence-electron chi connectivity index (χ1n) is 10.4. The number of ether oxygens (including phenoxy) is 1. The van der Waals surface area contributed by atoms with Gasteiger partial charge in [-0.25, -0.2) is 4.98 Å². The van der Waals surface area contributed by atoms with Gasteiger partial charge in [-0.15, -0.1) is 0 Å². The number of aliphatic hydroxyl groups is 1. The third-order valence-corrected chi connectivity index (χ3v) is 5.65. The van der Waals surface area contributed by atoms with E-state index < -0.39 is 5.54 Å². The van der Waals surface area contributed by atoms with Gasteiger partial charge in [0.2, 0.25) is 0 Å². The molecule has 2 unspecified atom stereocenters. The highest BCUT2D eigenvalue weighted by atomic mass is 16.5. The van der Waals surface area contributed by atoms with Crippen molar-refractivity contribution in [3.63, 3.8) is 0 Å². The van der Waals surface area contributed by atoms with Gasteiger partial charge >= 0.3 is 0 Å². The van der Waals surface area contributed by atoms with E-state index in [1.54, 1.807) is 37.4 Å². The van der Waals surface area contributed by atoms with Gasteiger partial charge in [-0.3, -0.25) is 14.6 Å². The molecule has 2 amide bonds. The molecule has 1 heterocycles. The fraction of sp³-hybridized carbons (Fsp3) is 0.391. The third-order valence-electron chi connectivity index (χ3n) is 5.65. The Kier molecular flexibility index (Phi) is 5.99. The predicted molar refractivity (Wildman–Crippen MR) is 114 cm³/mol. The van der Waals surface area contributed by atoms with E-state index in [0.29, 0.717) is 35.9 Å². The van der Waals surface area contributed by atoms with Crippen molar-refractivity contribution in [3.8, 4) is 5.75 Å². The van der Waals surface area contributed by atoms with Crippen molar-refractivity contribution < 1.29 is 19.4 Å². The van der Waals surface area contributed by atoms with Crippen LogP contribution in [0.2, 0.25) is 0 Å². The number of rotatable bonds is 8. The van der Waals surface area contributed by atoms with Crippen LogP contribution in [0.1, 0.15) is 45.8 Å². The molecular formula is C23H26N4O4. The first-order valence-corrected chi connectivity index (χ1v) is 10.4. The number of aliphatic hydroxyl groups excluding tert-OH is 1. The Morgan fingerprint density at radius 3 is 2.94 bits per heavy atom. The predicted octanol–water partition coefficient (Wildman–Crippen LogP) is 1.79. The number of nitrogens with one attached hydrogen (secondary N) is 2. The SMILES string of the molecule is Cc1cncc(C(=O)NCC2(NC(=O)c3cccc(OCCO)c3)CC=C3CC3C2)n1. The van der Waals surface area contributed by atoms with Crippen LogP contribution in [0.4, 0.5) is 0 Å². The summed E-state index contributed by atoms with van der Waals surface area (Å²) >= 11 is 0. The van der Waals surface area contributed by atoms with Gasteiger partial charge < -0.3 is 20.5 Å². The quantitative estimate of drug-likeness (QED) is 0.559. The summed E-state index contributed by atoms with van der Waals surface area (Å²) in [7, 11) is 0. The van der Waals surface area contributed by atoms with Crippen LogP contribution in [0.15, 0.2) is 48.3 Å². The highest BCUT2D eigenvalue weighted by Gasteiger charge is 2.44. The summed E-state index contributed by atoms with van der Waals surface area (Å²) in [5.74, 6) is 0.449. The number of fused-ring (bicyclic) bond motifs is 1. The number of aryl methyl sites for hydroxylation is 1. The van der Waals surface area contributed by atoms with Gasteiger partial charge in [-0.1, -0.05) is 17.7 Å². The van der Waals surface area contributed by atoms with Crippen molar-refractivity contribution in [2.24, 2.45) is 5.92 Å². The van der Waals surface area contributed by atoms with Gasteiger partial charge in [0.25, 0.3) is 11.8 Å². The lowest BCUT2D eigenvalue weighted by Crippen LogP contribution is -2.56. The van der Waals surface area contributed by atoms with E-state index in [2.05, 4.69) is 26.7 Å². The number of aromatic nitrogens is 2. The smallest absolute Gasteiger partial charge is 0.271 e. The molecule has 1 saturated carbocycles. The number of carbonyl (C=O) groups excluding carboxylic acids is 2. The second kappa shape index (κ2) is 8.85. The maximum absolute atomic E-state index is 13.1. The Hall–Kier alpha value is -3.26. The first-order chi connectivity index (χ1) is 15.0. The fourth-order valence-corrected chi connectivity index (χ4v) is 3.97. The van der Waals surface area contributed by atoms with E-state index in [4.69, 9.17) is 9.84 Å². The summed E-state index contributed by atoms with van der Waals surface area (Å²) in [5.41, 5.74) is 2.25. The van der Waals surface area contributed by atoms with Crippen LogP contribution in [-0.4, -0.2) is 52.2 Å². The highest BCUT2D eigenvalue weighted by molar-refractivity contribution is 5.95. The second-order valence-electron chi connectivity index (χ2n) is 8.15. The molecule has 0 spiro atoms. The van der Waals surface area contributed by atoms with Crippen LogP contribution in [0.3, 0.4) is 0 Å². The lowest BCUT2D eigenvalue weighted by Gasteiger charge is -2.36. The molecule has 0 saturated heterocycles. The normalized spacial score (nSPS) is 21.5. The maximum Gasteiger partial charge on any atom is 0.271 e. The number of allylic oxidation sites excluding steroid dienone is 1. The van der Waals surface area contributed by atoms with Crippen molar-refractivity contribution in [3.05, 3.63) is 65.3 Å². The lowest BCUT2D eigenvalue weighted by molar-refractivity contribution is 0.0851. The first kappa shape index (κ1) is 21.0. The van der Waals surface area contributed by atoms with Crippen molar-refractivity contribution in [1.82, 2.24) is 20.6 Å². The largest absolute Gasteiger partial charge is 0.491 e. The number of amides is 2. The second-order valence-corrected chi connectivity index (χ2v) is 8.15. The average molecular weight is 422 g/mol. The zero-order chi connectivity index (χ0) is 21.8. The summed E-state index contributed by atoms with van der Waals surface area (Å²) in [5, 5.41) is 15.0. The van der Waals surface area contributed by atoms with Crippen molar-refractivity contribution in [2.75, 3.05) is 19.8 Å². The molecule has 2 aliphatic rings. The zero-order valence-corrected chi connectivity index (χ0v) is 17.4. The summed E-state index contributed by atoms with van der Waals surface area (Å²) in [6.45, 7) is 2.15. The standard InChI is InChI=1S/C23H26N4O4/c1-15-12-24-13-20(26-15)22(30)25-14-23(6-5-16-9-18(16)11-23)27-21(29)17-3-2-4-19(10-17)31-8-7-28/h2-5,10,12-13,18,28H,6-9,11,14H2,1H3,(H,25,30)(H,27,29). The molecule has 1 fully saturated rings. The van der Waals surface area contributed by atoms with E-state index in [9.17, 15) is 9.59 Å². The summed E-state index contributed by atoms with van der Waals surface area (Å²) < 4.78 is 5.41. The number of benzene rings is 1. The van der Waals surface area contributed by atoms with Gasteiger partial charge in [0.15, 0.2) is 0 Å². The van der Waals surface area contributed by atoms with Gasteiger partial charge in [-0.05, 0) is 50.3 Å². The summed E-state index contributed by atoms with van der Waals surface area (Å²) in [6.07, 6.45) is 7.70. The zero-order valence-electron chi connectivity index (χ0n) is 17.4. The van der Waals surface area contributed by atoms with Gasteiger partial charge in [0.05, 0.1) is 24.0 Å². The molecule has 2 aliphatic carbocycles.